The molecular weight excluding hydrogens is 347 g/mol. The fourth-order valence-electron chi connectivity index (χ4n) is 2.46. The van der Waals surface area contributed by atoms with E-state index < -0.39 is 12.7 Å². The van der Waals surface area contributed by atoms with Gasteiger partial charge in [-0.15, -0.1) is 0 Å². The van der Waals surface area contributed by atoms with Gasteiger partial charge in [0, 0.05) is 36.7 Å². The third-order valence-electron chi connectivity index (χ3n) is 3.61. The maximum atomic E-state index is 12.4. The molecule has 0 aromatic heterocycles. The van der Waals surface area contributed by atoms with E-state index >= 15 is 0 Å². The van der Waals surface area contributed by atoms with E-state index in [0.717, 1.165) is 15.7 Å². The first-order chi connectivity index (χ1) is 9.76. The van der Waals surface area contributed by atoms with Crippen LogP contribution < -0.4 is 10.6 Å². The molecule has 1 aliphatic heterocycles. The summed E-state index contributed by atoms with van der Waals surface area (Å²) in [4.78, 5) is 3.54. The van der Waals surface area contributed by atoms with Crippen molar-refractivity contribution in [2.45, 2.75) is 19.1 Å². The molecule has 2 N–H and O–H groups in total. The summed E-state index contributed by atoms with van der Waals surface area (Å²) in [6.07, 6.45) is -4.12. The summed E-state index contributed by atoms with van der Waals surface area (Å²) in [6, 6.07) is 5.87. The van der Waals surface area contributed by atoms with Crippen LogP contribution in [-0.4, -0.2) is 43.8 Å². The number of alkyl halides is 3. The molecule has 118 valence electrons. The Balaban J connectivity index is 1.99. The Labute approximate surface area is 131 Å². The Morgan fingerprint density at radius 1 is 1.24 bits per heavy atom. The number of halogens is 4. The lowest BCUT2D eigenvalue weighted by atomic mass is 10.1. The molecule has 2 rings (SSSR count). The standard InChI is InChI=1S/C14H19BrF3N3/c1-10(19)11-2-3-13(12(15)8-11)21-6-4-20(5-7-21)9-14(16,17)18/h2-3,8,10H,4-7,9,19H2,1H3/t10-/m0/s1. The molecule has 1 aromatic rings. The molecule has 21 heavy (non-hydrogen) atoms. The zero-order valence-electron chi connectivity index (χ0n) is 11.8. The largest absolute Gasteiger partial charge is 0.401 e. The topological polar surface area (TPSA) is 32.5 Å². The number of nitrogens with zero attached hydrogens (tertiary/aromatic N) is 2. The molecule has 1 saturated heterocycles. The van der Waals surface area contributed by atoms with Gasteiger partial charge in [0.15, 0.2) is 0 Å². The van der Waals surface area contributed by atoms with Gasteiger partial charge in [-0.3, -0.25) is 4.90 Å². The molecule has 0 spiro atoms. The van der Waals surface area contributed by atoms with E-state index in [9.17, 15) is 13.2 Å². The molecule has 0 saturated carbocycles. The third-order valence-corrected chi connectivity index (χ3v) is 4.25. The lowest BCUT2D eigenvalue weighted by Crippen LogP contribution is -2.49. The van der Waals surface area contributed by atoms with Gasteiger partial charge in [-0.1, -0.05) is 6.07 Å². The summed E-state index contributed by atoms with van der Waals surface area (Å²) >= 11 is 3.52. The minimum absolute atomic E-state index is 0.0426. The minimum atomic E-state index is -4.12. The highest BCUT2D eigenvalue weighted by atomic mass is 79.9. The smallest absolute Gasteiger partial charge is 0.368 e. The summed E-state index contributed by atoms with van der Waals surface area (Å²) in [6.45, 7) is 3.10. The Morgan fingerprint density at radius 3 is 2.33 bits per heavy atom. The number of benzene rings is 1. The average Bonchev–Trinajstić information content (AvgIpc) is 2.38. The maximum absolute atomic E-state index is 12.4. The van der Waals surface area contributed by atoms with E-state index in [2.05, 4.69) is 20.8 Å². The zero-order valence-corrected chi connectivity index (χ0v) is 13.4. The van der Waals surface area contributed by atoms with E-state index in [1.54, 1.807) is 0 Å². The number of piperazine rings is 1. The van der Waals surface area contributed by atoms with Crippen molar-refractivity contribution in [2.24, 2.45) is 5.73 Å². The van der Waals surface area contributed by atoms with Crippen LogP contribution in [0.1, 0.15) is 18.5 Å². The predicted molar refractivity (Wildman–Crippen MR) is 81.5 cm³/mol. The Morgan fingerprint density at radius 2 is 1.86 bits per heavy atom. The van der Waals surface area contributed by atoms with Gasteiger partial charge in [0.1, 0.15) is 0 Å². The number of rotatable bonds is 3. The van der Waals surface area contributed by atoms with Crippen LogP contribution >= 0.6 is 15.9 Å². The van der Waals surface area contributed by atoms with Crippen molar-refractivity contribution < 1.29 is 13.2 Å². The van der Waals surface area contributed by atoms with Crippen LogP contribution in [0.2, 0.25) is 0 Å². The lowest BCUT2D eigenvalue weighted by molar-refractivity contribution is -0.146. The first kappa shape index (κ1) is 16.6. The van der Waals surface area contributed by atoms with Crippen LogP contribution in [0, 0.1) is 0 Å². The highest BCUT2D eigenvalue weighted by Gasteiger charge is 2.32. The molecule has 1 atom stereocenters. The lowest BCUT2D eigenvalue weighted by Gasteiger charge is -2.36. The summed E-state index contributed by atoms with van der Waals surface area (Å²) in [7, 11) is 0. The predicted octanol–water partition coefficient (Wildman–Crippen LogP) is 3.15. The van der Waals surface area contributed by atoms with Crippen molar-refractivity contribution in [3.05, 3.63) is 28.2 Å². The van der Waals surface area contributed by atoms with Crippen LogP contribution in [0.5, 0.6) is 0 Å². The van der Waals surface area contributed by atoms with Crippen LogP contribution in [0.15, 0.2) is 22.7 Å². The number of hydrogen-bond donors (Lipinski definition) is 1. The molecule has 1 heterocycles. The monoisotopic (exact) mass is 365 g/mol. The molecule has 0 aliphatic carbocycles. The van der Waals surface area contributed by atoms with Crippen molar-refractivity contribution in [1.82, 2.24) is 4.90 Å². The van der Waals surface area contributed by atoms with Gasteiger partial charge in [-0.2, -0.15) is 13.2 Å². The second kappa shape index (κ2) is 6.54. The molecule has 7 heteroatoms. The Kier molecular flexibility index (Phi) is 5.16. The summed E-state index contributed by atoms with van der Waals surface area (Å²) in [5, 5.41) is 0. The number of nitrogens with two attached hydrogens (primary N) is 1. The zero-order chi connectivity index (χ0) is 15.6. The SMILES string of the molecule is C[C@H](N)c1ccc(N2CCN(CC(F)(F)F)CC2)c(Br)c1. The quantitative estimate of drug-likeness (QED) is 0.892. The van der Waals surface area contributed by atoms with Crippen molar-refractivity contribution in [2.75, 3.05) is 37.6 Å². The Bertz CT molecular complexity index is 483. The molecule has 1 aliphatic rings. The molecule has 0 unspecified atom stereocenters. The highest BCUT2D eigenvalue weighted by Crippen LogP contribution is 2.30. The van der Waals surface area contributed by atoms with Crippen molar-refractivity contribution in [1.29, 1.82) is 0 Å². The summed E-state index contributed by atoms with van der Waals surface area (Å²) < 4.78 is 38.0. The van der Waals surface area contributed by atoms with E-state index in [1.165, 1.54) is 4.90 Å². The molecule has 1 fully saturated rings. The second-order valence-electron chi connectivity index (χ2n) is 5.38. The molecule has 0 radical (unpaired) electrons. The molecular formula is C14H19BrF3N3. The van der Waals surface area contributed by atoms with Crippen molar-refractivity contribution in [3.8, 4) is 0 Å². The second-order valence-corrected chi connectivity index (χ2v) is 6.23. The van der Waals surface area contributed by atoms with Crippen LogP contribution in [0.3, 0.4) is 0 Å². The summed E-state index contributed by atoms with van der Waals surface area (Å²) in [5.74, 6) is 0. The van der Waals surface area contributed by atoms with E-state index in [-0.39, 0.29) is 6.04 Å². The average molecular weight is 366 g/mol. The van der Waals surface area contributed by atoms with Crippen LogP contribution in [-0.2, 0) is 0 Å². The normalized spacial score (nSPS) is 18.9. The molecule has 3 nitrogen and oxygen atoms in total. The minimum Gasteiger partial charge on any atom is -0.368 e. The fourth-order valence-corrected chi connectivity index (χ4v) is 3.11. The molecule has 1 aromatic carbocycles. The fraction of sp³-hybridized carbons (Fsp3) is 0.571. The van der Waals surface area contributed by atoms with Crippen molar-refractivity contribution in [3.63, 3.8) is 0 Å². The van der Waals surface area contributed by atoms with Gasteiger partial charge in [-0.05, 0) is 40.5 Å². The van der Waals surface area contributed by atoms with E-state index in [4.69, 9.17) is 5.73 Å². The van der Waals surface area contributed by atoms with Gasteiger partial charge in [0.05, 0.1) is 12.2 Å². The first-order valence-electron chi connectivity index (χ1n) is 6.85. The number of hydrogen-bond acceptors (Lipinski definition) is 3. The number of anilines is 1. The van der Waals surface area contributed by atoms with Crippen LogP contribution in [0.25, 0.3) is 0 Å². The first-order valence-corrected chi connectivity index (χ1v) is 7.64. The molecule has 0 amide bonds. The Hall–Kier alpha value is -0.790. The van der Waals surface area contributed by atoms with E-state index in [0.29, 0.717) is 26.2 Å². The highest BCUT2D eigenvalue weighted by molar-refractivity contribution is 9.10. The molecule has 0 bridgehead atoms. The van der Waals surface area contributed by atoms with Gasteiger partial charge in [-0.25, -0.2) is 0 Å². The van der Waals surface area contributed by atoms with Gasteiger partial charge in [0.25, 0.3) is 0 Å². The van der Waals surface area contributed by atoms with Crippen molar-refractivity contribution >= 4 is 21.6 Å². The van der Waals surface area contributed by atoms with Gasteiger partial charge in [0.2, 0.25) is 0 Å². The third kappa shape index (κ3) is 4.59. The maximum Gasteiger partial charge on any atom is 0.401 e. The van der Waals surface area contributed by atoms with Gasteiger partial charge >= 0.3 is 6.18 Å². The van der Waals surface area contributed by atoms with Gasteiger partial charge < -0.3 is 10.6 Å². The van der Waals surface area contributed by atoms with E-state index in [1.807, 2.05) is 25.1 Å². The summed E-state index contributed by atoms with van der Waals surface area (Å²) in [5.41, 5.74) is 7.88. The van der Waals surface area contributed by atoms with Crippen LogP contribution in [0.4, 0.5) is 18.9 Å².